The number of hydrogen-bond donors (Lipinski definition) is 2. The maximum Gasteiger partial charge on any atom is 0.222 e. The van der Waals surface area contributed by atoms with Crippen LogP contribution >= 0.6 is 0 Å². The third kappa shape index (κ3) is 3.41. The zero-order chi connectivity index (χ0) is 16.4. The quantitative estimate of drug-likeness (QED) is 0.822. The number of aromatic nitrogens is 2. The van der Waals surface area contributed by atoms with Crippen LogP contribution < -0.4 is 10.6 Å². The number of nitrogens with zero attached hydrogens (tertiary/aromatic N) is 4. The van der Waals surface area contributed by atoms with Gasteiger partial charge in [0, 0.05) is 31.7 Å². The van der Waals surface area contributed by atoms with E-state index in [1.54, 1.807) is 0 Å². The number of aryl methyl sites for hydroxylation is 1. The Morgan fingerprint density at radius 1 is 1.22 bits per heavy atom. The molecule has 2 aliphatic heterocycles. The molecule has 0 spiro atoms. The maximum absolute atomic E-state index is 10.0. The van der Waals surface area contributed by atoms with Crippen LogP contribution in [0.2, 0.25) is 0 Å². The first-order valence-corrected chi connectivity index (χ1v) is 8.48. The van der Waals surface area contributed by atoms with Gasteiger partial charge in [0.1, 0.15) is 5.82 Å². The van der Waals surface area contributed by atoms with Crippen molar-refractivity contribution < 1.29 is 9.84 Å². The molecule has 1 aromatic rings. The summed E-state index contributed by atoms with van der Waals surface area (Å²) in [4.78, 5) is 13.5. The second-order valence-corrected chi connectivity index (χ2v) is 6.38. The molecule has 0 aliphatic carbocycles. The van der Waals surface area contributed by atoms with Gasteiger partial charge < -0.3 is 20.5 Å². The molecule has 0 unspecified atom stereocenters. The molecule has 23 heavy (non-hydrogen) atoms. The van der Waals surface area contributed by atoms with Crippen LogP contribution in [0.4, 0.5) is 11.8 Å². The summed E-state index contributed by atoms with van der Waals surface area (Å²) < 4.78 is 5.40. The minimum atomic E-state index is -0.371. The van der Waals surface area contributed by atoms with Crippen molar-refractivity contribution >= 4 is 11.8 Å². The summed E-state index contributed by atoms with van der Waals surface area (Å²) in [5.41, 5.74) is 8.03. The first kappa shape index (κ1) is 16.4. The fourth-order valence-corrected chi connectivity index (χ4v) is 3.58. The van der Waals surface area contributed by atoms with Crippen LogP contribution in [0.1, 0.15) is 24.6 Å². The number of ether oxygens (including phenoxy) is 1. The Hall–Kier alpha value is -1.44. The summed E-state index contributed by atoms with van der Waals surface area (Å²) in [6, 6.07) is 0.123. The minimum absolute atomic E-state index is 0.123. The van der Waals surface area contributed by atoms with E-state index in [4.69, 9.17) is 10.5 Å². The third-order valence-electron chi connectivity index (χ3n) is 4.89. The van der Waals surface area contributed by atoms with Gasteiger partial charge in [0.2, 0.25) is 5.95 Å². The number of nitrogen functional groups attached to an aromatic ring is 1. The van der Waals surface area contributed by atoms with Crippen molar-refractivity contribution in [1.29, 1.82) is 0 Å². The number of aliphatic hydroxyl groups is 1. The molecular weight excluding hydrogens is 294 g/mol. The maximum atomic E-state index is 10.0. The largest absolute Gasteiger partial charge is 0.389 e. The van der Waals surface area contributed by atoms with Gasteiger partial charge in [-0.25, -0.2) is 4.98 Å². The molecule has 3 rings (SSSR count). The Balaban J connectivity index is 1.74. The lowest BCUT2D eigenvalue weighted by atomic mass is 10.2. The average molecular weight is 321 g/mol. The third-order valence-corrected chi connectivity index (χ3v) is 4.89. The summed E-state index contributed by atoms with van der Waals surface area (Å²) in [5.74, 6) is 1.31. The predicted octanol–water partition coefficient (Wildman–Crippen LogP) is 0.201. The molecule has 3 N–H and O–H groups in total. The normalized spacial score (nSPS) is 26.5. The monoisotopic (exact) mass is 321 g/mol. The number of nitrogens with two attached hydrogens (primary N) is 1. The Morgan fingerprint density at radius 2 is 2.04 bits per heavy atom. The number of anilines is 2. The van der Waals surface area contributed by atoms with Crippen molar-refractivity contribution in [1.82, 2.24) is 14.9 Å². The van der Waals surface area contributed by atoms with Crippen molar-refractivity contribution in [2.24, 2.45) is 0 Å². The van der Waals surface area contributed by atoms with Crippen LogP contribution in [0.3, 0.4) is 0 Å². The summed E-state index contributed by atoms with van der Waals surface area (Å²) in [5, 5.41) is 10.0. The SMILES string of the molecule is CCc1nc(N)nc(N2CCCN([C@@H]3COC[C@H]3O)CC2)c1C. The Kier molecular flexibility index (Phi) is 4.99. The number of hydrogen-bond acceptors (Lipinski definition) is 7. The smallest absolute Gasteiger partial charge is 0.222 e. The minimum Gasteiger partial charge on any atom is -0.389 e. The van der Waals surface area contributed by atoms with E-state index in [2.05, 4.69) is 33.6 Å². The van der Waals surface area contributed by atoms with Crippen molar-refractivity contribution in [3.05, 3.63) is 11.3 Å². The second kappa shape index (κ2) is 6.98. The van der Waals surface area contributed by atoms with Crippen molar-refractivity contribution in [2.45, 2.75) is 38.8 Å². The highest BCUT2D eigenvalue weighted by atomic mass is 16.5. The highest BCUT2D eigenvalue weighted by Crippen LogP contribution is 2.24. The van der Waals surface area contributed by atoms with Gasteiger partial charge in [0.25, 0.3) is 0 Å². The van der Waals surface area contributed by atoms with Crippen molar-refractivity contribution in [3.63, 3.8) is 0 Å². The van der Waals surface area contributed by atoms with Gasteiger partial charge >= 0.3 is 0 Å². The Morgan fingerprint density at radius 3 is 2.74 bits per heavy atom. The summed E-state index contributed by atoms with van der Waals surface area (Å²) in [7, 11) is 0. The highest BCUT2D eigenvalue weighted by molar-refractivity contribution is 5.51. The molecule has 0 bridgehead atoms. The van der Waals surface area contributed by atoms with Crippen LogP contribution in [-0.2, 0) is 11.2 Å². The summed E-state index contributed by atoms with van der Waals surface area (Å²) in [6.45, 7) is 8.93. The molecule has 7 heteroatoms. The van der Waals surface area contributed by atoms with E-state index in [0.29, 0.717) is 19.2 Å². The average Bonchev–Trinajstić information content (AvgIpc) is 2.82. The molecule has 3 heterocycles. The van der Waals surface area contributed by atoms with E-state index in [0.717, 1.165) is 56.1 Å². The molecule has 2 saturated heterocycles. The van der Waals surface area contributed by atoms with Gasteiger partial charge in [-0.1, -0.05) is 6.92 Å². The molecule has 7 nitrogen and oxygen atoms in total. The molecule has 1 aromatic heterocycles. The van der Waals surface area contributed by atoms with E-state index in [-0.39, 0.29) is 12.1 Å². The van der Waals surface area contributed by atoms with Gasteiger partial charge in [-0.05, 0) is 19.8 Å². The van der Waals surface area contributed by atoms with Crippen molar-refractivity contribution in [2.75, 3.05) is 50.0 Å². The number of rotatable bonds is 3. The fourth-order valence-electron chi connectivity index (χ4n) is 3.58. The van der Waals surface area contributed by atoms with E-state index < -0.39 is 0 Å². The lowest BCUT2D eigenvalue weighted by molar-refractivity contribution is 0.0859. The zero-order valence-electron chi connectivity index (χ0n) is 14.0. The van der Waals surface area contributed by atoms with Crippen LogP contribution in [-0.4, -0.2) is 71.5 Å². The molecule has 0 radical (unpaired) electrons. The Bertz CT molecular complexity index is 554. The highest BCUT2D eigenvalue weighted by Gasteiger charge is 2.32. The van der Waals surface area contributed by atoms with Gasteiger partial charge in [-0.2, -0.15) is 4.98 Å². The Labute approximate surface area is 137 Å². The van der Waals surface area contributed by atoms with Gasteiger partial charge in [-0.15, -0.1) is 0 Å². The molecule has 128 valence electrons. The molecule has 0 aromatic carbocycles. The van der Waals surface area contributed by atoms with Gasteiger partial charge in [0.15, 0.2) is 0 Å². The molecule has 0 saturated carbocycles. The topological polar surface area (TPSA) is 87.7 Å². The lowest BCUT2D eigenvalue weighted by Gasteiger charge is -2.29. The predicted molar refractivity (Wildman–Crippen MR) is 89.6 cm³/mol. The first-order valence-electron chi connectivity index (χ1n) is 8.48. The van der Waals surface area contributed by atoms with E-state index in [9.17, 15) is 5.11 Å². The van der Waals surface area contributed by atoms with Crippen LogP contribution in [0.5, 0.6) is 0 Å². The summed E-state index contributed by atoms with van der Waals surface area (Å²) >= 11 is 0. The number of aliphatic hydroxyl groups excluding tert-OH is 1. The van der Waals surface area contributed by atoms with Crippen LogP contribution in [0.25, 0.3) is 0 Å². The molecule has 0 amide bonds. The van der Waals surface area contributed by atoms with Crippen LogP contribution in [0.15, 0.2) is 0 Å². The van der Waals surface area contributed by atoms with Crippen molar-refractivity contribution in [3.8, 4) is 0 Å². The lowest BCUT2D eigenvalue weighted by Crippen LogP contribution is -2.44. The molecular formula is C16H27N5O2. The van der Waals surface area contributed by atoms with E-state index in [1.807, 2.05) is 0 Å². The molecule has 2 aliphatic rings. The standard InChI is InChI=1S/C16H27N5O2/c1-3-12-11(2)15(19-16(17)18-12)21-6-4-5-20(7-8-21)13-9-23-10-14(13)22/h13-14,22H,3-10H2,1-2H3,(H2,17,18,19)/t13-,14-/m1/s1. The van der Waals surface area contributed by atoms with Gasteiger partial charge in [-0.3, -0.25) is 4.90 Å². The van der Waals surface area contributed by atoms with Crippen LogP contribution in [0, 0.1) is 6.92 Å². The zero-order valence-corrected chi connectivity index (χ0v) is 14.0. The van der Waals surface area contributed by atoms with E-state index >= 15 is 0 Å². The first-order chi connectivity index (χ1) is 11.1. The second-order valence-electron chi connectivity index (χ2n) is 6.38. The summed E-state index contributed by atoms with van der Waals surface area (Å²) in [6.07, 6.45) is 1.52. The molecule has 2 atom stereocenters. The fraction of sp³-hybridized carbons (Fsp3) is 0.750. The van der Waals surface area contributed by atoms with E-state index in [1.165, 1.54) is 0 Å². The van der Waals surface area contributed by atoms with Gasteiger partial charge in [0.05, 0.1) is 31.1 Å². The molecule has 2 fully saturated rings.